The number of nitrogens with zero attached hydrogens (tertiary/aromatic N) is 2. The first-order chi connectivity index (χ1) is 5.84. The SMILES string of the molecule is OC1CCN(Cc2ccno2)C1. The lowest BCUT2D eigenvalue weighted by Crippen LogP contribution is -2.21. The number of aliphatic hydroxyl groups excluding tert-OH is 1. The third-order valence-corrected chi connectivity index (χ3v) is 2.12. The average molecular weight is 168 g/mol. The van der Waals surface area contributed by atoms with Gasteiger partial charge in [-0.2, -0.15) is 0 Å². The summed E-state index contributed by atoms with van der Waals surface area (Å²) in [5, 5.41) is 12.9. The van der Waals surface area contributed by atoms with Crippen LogP contribution in [0.4, 0.5) is 0 Å². The summed E-state index contributed by atoms with van der Waals surface area (Å²) in [6, 6.07) is 1.85. The molecule has 0 spiro atoms. The Morgan fingerprint density at radius 1 is 1.75 bits per heavy atom. The molecular formula is C8H12N2O2. The molecule has 1 aromatic rings. The summed E-state index contributed by atoms with van der Waals surface area (Å²) in [7, 11) is 0. The third kappa shape index (κ3) is 1.65. The van der Waals surface area contributed by atoms with Gasteiger partial charge in [-0.1, -0.05) is 5.16 Å². The predicted octanol–water partition coefficient (Wildman–Crippen LogP) is 0.241. The fourth-order valence-electron chi connectivity index (χ4n) is 1.50. The van der Waals surface area contributed by atoms with Crippen LogP contribution in [0.2, 0.25) is 0 Å². The first-order valence-corrected chi connectivity index (χ1v) is 4.14. The zero-order valence-electron chi connectivity index (χ0n) is 6.81. The van der Waals surface area contributed by atoms with Crippen LogP contribution in [0.5, 0.6) is 0 Å². The zero-order chi connectivity index (χ0) is 8.39. The molecule has 1 saturated heterocycles. The quantitative estimate of drug-likeness (QED) is 0.687. The summed E-state index contributed by atoms with van der Waals surface area (Å²) in [6.45, 7) is 2.46. The van der Waals surface area contributed by atoms with E-state index in [0.717, 1.165) is 31.8 Å². The van der Waals surface area contributed by atoms with E-state index < -0.39 is 0 Å². The second-order valence-corrected chi connectivity index (χ2v) is 3.16. The standard InChI is InChI=1S/C8H12N2O2/c11-7-2-4-10(5-7)6-8-1-3-9-12-8/h1,3,7,11H,2,4-6H2. The van der Waals surface area contributed by atoms with Gasteiger partial charge in [0.25, 0.3) is 0 Å². The molecule has 0 radical (unpaired) electrons. The minimum Gasteiger partial charge on any atom is -0.392 e. The van der Waals surface area contributed by atoms with Crippen LogP contribution in [0.15, 0.2) is 16.8 Å². The van der Waals surface area contributed by atoms with Gasteiger partial charge in [0.2, 0.25) is 0 Å². The molecule has 1 fully saturated rings. The first kappa shape index (κ1) is 7.76. The molecule has 1 atom stereocenters. The molecule has 0 aliphatic carbocycles. The molecule has 2 heterocycles. The van der Waals surface area contributed by atoms with Gasteiger partial charge in [0.15, 0.2) is 5.76 Å². The number of β-amino-alcohol motifs (C(OH)–C–C–N with tert-alkyl or cyclic N) is 1. The summed E-state index contributed by atoms with van der Waals surface area (Å²) in [5.74, 6) is 0.865. The number of aromatic nitrogens is 1. The van der Waals surface area contributed by atoms with Crippen LogP contribution in [0, 0.1) is 0 Å². The van der Waals surface area contributed by atoms with Gasteiger partial charge in [-0.25, -0.2) is 0 Å². The molecular weight excluding hydrogens is 156 g/mol. The Kier molecular flexibility index (Phi) is 2.10. The van der Waals surface area contributed by atoms with Crippen LogP contribution < -0.4 is 0 Å². The Hall–Kier alpha value is -0.870. The van der Waals surface area contributed by atoms with Crippen molar-refractivity contribution in [2.45, 2.75) is 19.1 Å². The van der Waals surface area contributed by atoms with E-state index in [1.807, 2.05) is 6.07 Å². The fourth-order valence-corrected chi connectivity index (χ4v) is 1.50. The van der Waals surface area contributed by atoms with Crippen LogP contribution in [0.1, 0.15) is 12.2 Å². The highest BCUT2D eigenvalue weighted by Gasteiger charge is 2.20. The Morgan fingerprint density at radius 3 is 3.25 bits per heavy atom. The van der Waals surface area contributed by atoms with E-state index in [2.05, 4.69) is 10.1 Å². The number of aliphatic hydroxyl groups is 1. The lowest BCUT2D eigenvalue weighted by molar-refractivity contribution is 0.170. The van der Waals surface area contributed by atoms with Crippen molar-refractivity contribution in [3.63, 3.8) is 0 Å². The highest BCUT2D eigenvalue weighted by Crippen LogP contribution is 2.12. The van der Waals surface area contributed by atoms with Crippen molar-refractivity contribution in [3.05, 3.63) is 18.0 Å². The molecule has 0 aromatic carbocycles. The summed E-state index contributed by atoms with van der Waals surface area (Å²) in [5.41, 5.74) is 0. The highest BCUT2D eigenvalue weighted by atomic mass is 16.5. The van der Waals surface area contributed by atoms with Crippen LogP contribution in [0.3, 0.4) is 0 Å². The monoisotopic (exact) mass is 168 g/mol. The Balaban J connectivity index is 1.88. The van der Waals surface area contributed by atoms with Gasteiger partial charge in [-0.3, -0.25) is 4.90 Å². The Morgan fingerprint density at radius 2 is 2.67 bits per heavy atom. The van der Waals surface area contributed by atoms with Crippen LogP contribution in [-0.4, -0.2) is 34.4 Å². The lowest BCUT2D eigenvalue weighted by Gasteiger charge is -2.11. The molecule has 1 aliphatic heterocycles. The second-order valence-electron chi connectivity index (χ2n) is 3.16. The van der Waals surface area contributed by atoms with E-state index in [0.29, 0.717) is 0 Å². The molecule has 0 saturated carbocycles. The second kappa shape index (κ2) is 3.25. The number of hydrogen-bond donors (Lipinski definition) is 1. The molecule has 0 bridgehead atoms. The topological polar surface area (TPSA) is 49.5 Å². The van der Waals surface area contributed by atoms with Crippen molar-refractivity contribution in [1.29, 1.82) is 0 Å². The van der Waals surface area contributed by atoms with Crippen molar-refractivity contribution in [3.8, 4) is 0 Å². The van der Waals surface area contributed by atoms with E-state index >= 15 is 0 Å². The zero-order valence-corrected chi connectivity index (χ0v) is 6.81. The fraction of sp³-hybridized carbons (Fsp3) is 0.625. The molecule has 1 N–H and O–H groups in total. The van der Waals surface area contributed by atoms with E-state index in [1.54, 1.807) is 6.20 Å². The Bertz CT molecular complexity index is 235. The number of likely N-dealkylation sites (tertiary alicyclic amines) is 1. The summed E-state index contributed by atoms with van der Waals surface area (Å²) >= 11 is 0. The smallest absolute Gasteiger partial charge is 0.150 e. The molecule has 4 nitrogen and oxygen atoms in total. The van der Waals surface area contributed by atoms with Crippen molar-refractivity contribution >= 4 is 0 Å². The van der Waals surface area contributed by atoms with E-state index in [4.69, 9.17) is 4.52 Å². The molecule has 2 rings (SSSR count). The summed E-state index contributed by atoms with van der Waals surface area (Å²) in [4.78, 5) is 2.16. The van der Waals surface area contributed by atoms with Gasteiger partial charge in [-0.15, -0.1) is 0 Å². The maximum atomic E-state index is 9.24. The van der Waals surface area contributed by atoms with Crippen molar-refractivity contribution in [1.82, 2.24) is 10.1 Å². The summed E-state index contributed by atoms with van der Waals surface area (Å²) < 4.78 is 4.96. The van der Waals surface area contributed by atoms with Gasteiger partial charge < -0.3 is 9.63 Å². The minimum absolute atomic E-state index is 0.159. The van der Waals surface area contributed by atoms with Gasteiger partial charge in [0.05, 0.1) is 18.8 Å². The van der Waals surface area contributed by atoms with Crippen molar-refractivity contribution in [2.75, 3.05) is 13.1 Å². The maximum Gasteiger partial charge on any atom is 0.150 e. The minimum atomic E-state index is -0.159. The van der Waals surface area contributed by atoms with Gasteiger partial charge in [0.1, 0.15) is 0 Å². The number of hydrogen-bond acceptors (Lipinski definition) is 4. The van der Waals surface area contributed by atoms with Crippen LogP contribution in [-0.2, 0) is 6.54 Å². The Labute approximate surface area is 70.8 Å². The van der Waals surface area contributed by atoms with Crippen LogP contribution >= 0.6 is 0 Å². The van der Waals surface area contributed by atoms with Gasteiger partial charge >= 0.3 is 0 Å². The van der Waals surface area contributed by atoms with E-state index in [-0.39, 0.29) is 6.10 Å². The van der Waals surface area contributed by atoms with Crippen LogP contribution in [0.25, 0.3) is 0 Å². The van der Waals surface area contributed by atoms with Crippen molar-refractivity contribution < 1.29 is 9.63 Å². The molecule has 12 heavy (non-hydrogen) atoms. The van der Waals surface area contributed by atoms with E-state index in [1.165, 1.54) is 0 Å². The predicted molar refractivity (Wildman–Crippen MR) is 42.4 cm³/mol. The summed E-state index contributed by atoms with van der Waals surface area (Å²) in [6.07, 6.45) is 2.35. The molecule has 0 amide bonds. The highest BCUT2D eigenvalue weighted by molar-refractivity contribution is 4.93. The molecule has 1 aliphatic rings. The maximum absolute atomic E-state index is 9.24. The molecule has 66 valence electrons. The lowest BCUT2D eigenvalue weighted by atomic mass is 10.3. The van der Waals surface area contributed by atoms with Gasteiger partial charge in [0, 0.05) is 19.2 Å². The van der Waals surface area contributed by atoms with Crippen molar-refractivity contribution in [2.24, 2.45) is 0 Å². The molecule has 1 aromatic heterocycles. The molecule has 1 unspecified atom stereocenters. The van der Waals surface area contributed by atoms with Gasteiger partial charge in [-0.05, 0) is 6.42 Å². The third-order valence-electron chi connectivity index (χ3n) is 2.12. The normalized spacial score (nSPS) is 24.9. The largest absolute Gasteiger partial charge is 0.392 e. The average Bonchev–Trinajstić information content (AvgIpc) is 2.63. The number of rotatable bonds is 2. The first-order valence-electron chi connectivity index (χ1n) is 4.14. The van der Waals surface area contributed by atoms with E-state index in [9.17, 15) is 5.11 Å². The molecule has 4 heteroatoms.